The molecular formula is C22H26N2O2S. The second-order valence-electron chi connectivity index (χ2n) is 7.09. The monoisotopic (exact) mass is 382 g/mol. The van der Waals surface area contributed by atoms with Crippen LogP contribution in [0.2, 0.25) is 0 Å². The Hall–Kier alpha value is -2.21. The summed E-state index contributed by atoms with van der Waals surface area (Å²) in [6, 6.07) is 22.4. The molecule has 3 aromatic carbocycles. The summed E-state index contributed by atoms with van der Waals surface area (Å²) in [5.74, 6) is 0.00882. The molecular weight excluding hydrogens is 356 g/mol. The molecule has 27 heavy (non-hydrogen) atoms. The zero-order valence-corrected chi connectivity index (χ0v) is 16.6. The Balaban J connectivity index is 1.57. The molecule has 0 radical (unpaired) electrons. The van der Waals surface area contributed by atoms with Crippen LogP contribution >= 0.6 is 0 Å². The average molecular weight is 383 g/mol. The van der Waals surface area contributed by atoms with Crippen molar-refractivity contribution in [3.63, 3.8) is 0 Å². The van der Waals surface area contributed by atoms with Gasteiger partial charge < -0.3 is 5.32 Å². The molecule has 0 amide bonds. The van der Waals surface area contributed by atoms with Gasteiger partial charge in [0.25, 0.3) is 0 Å². The quantitative estimate of drug-likeness (QED) is 0.620. The highest BCUT2D eigenvalue weighted by Gasteiger charge is 2.12. The number of hydrogen-bond acceptors (Lipinski definition) is 3. The Labute approximate surface area is 161 Å². The van der Waals surface area contributed by atoms with Crippen molar-refractivity contribution >= 4 is 20.8 Å². The lowest BCUT2D eigenvalue weighted by atomic mass is 10.0. The van der Waals surface area contributed by atoms with Crippen LogP contribution in [0.4, 0.5) is 0 Å². The summed E-state index contributed by atoms with van der Waals surface area (Å²) in [5, 5.41) is 5.99. The Morgan fingerprint density at radius 2 is 1.48 bits per heavy atom. The van der Waals surface area contributed by atoms with Gasteiger partial charge in [-0.15, -0.1) is 0 Å². The zero-order chi connectivity index (χ0) is 19.3. The van der Waals surface area contributed by atoms with Gasteiger partial charge in [0, 0.05) is 19.1 Å². The minimum Gasteiger partial charge on any atom is -0.309 e. The highest BCUT2D eigenvalue weighted by Crippen LogP contribution is 2.18. The molecule has 0 aliphatic carbocycles. The fraction of sp³-hybridized carbons (Fsp3) is 0.273. The molecule has 5 heteroatoms. The van der Waals surface area contributed by atoms with Gasteiger partial charge in [0.2, 0.25) is 10.0 Å². The number of rotatable bonds is 8. The second kappa shape index (κ2) is 8.65. The van der Waals surface area contributed by atoms with Gasteiger partial charge in [0.05, 0.1) is 5.75 Å². The summed E-state index contributed by atoms with van der Waals surface area (Å²) < 4.78 is 26.6. The van der Waals surface area contributed by atoms with E-state index in [0.717, 1.165) is 24.2 Å². The van der Waals surface area contributed by atoms with E-state index in [2.05, 4.69) is 52.5 Å². The largest absolute Gasteiger partial charge is 0.309 e. The maximum Gasteiger partial charge on any atom is 0.216 e. The molecule has 0 aliphatic heterocycles. The Bertz CT molecular complexity index is 991. The van der Waals surface area contributed by atoms with Crippen molar-refractivity contribution in [2.75, 3.05) is 0 Å². The van der Waals surface area contributed by atoms with Gasteiger partial charge in [-0.1, -0.05) is 66.7 Å². The van der Waals surface area contributed by atoms with Crippen LogP contribution in [-0.4, -0.2) is 14.5 Å². The normalized spacial score (nSPS) is 12.0. The molecule has 4 nitrogen and oxygen atoms in total. The molecule has 0 bridgehead atoms. The molecule has 142 valence electrons. The zero-order valence-electron chi connectivity index (χ0n) is 15.8. The Morgan fingerprint density at radius 3 is 2.22 bits per heavy atom. The predicted octanol–water partition coefficient (Wildman–Crippen LogP) is 3.96. The molecule has 0 unspecified atom stereocenters. The van der Waals surface area contributed by atoms with E-state index in [-0.39, 0.29) is 11.8 Å². The number of sulfonamides is 1. The van der Waals surface area contributed by atoms with Gasteiger partial charge in [0.15, 0.2) is 0 Å². The van der Waals surface area contributed by atoms with Crippen LogP contribution in [0.15, 0.2) is 66.7 Å². The molecule has 0 heterocycles. The lowest BCUT2D eigenvalue weighted by Crippen LogP contribution is -2.31. The minimum atomic E-state index is -3.29. The van der Waals surface area contributed by atoms with E-state index >= 15 is 0 Å². The van der Waals surface area contributed by atoms with Crippen molar-refractivity contribution in [1.29, 1.82) is 0 Å². The molecule has 0 saturated carbocycles. The van der Waals surface area contributed by atoms with Gasteiger partial charge in [-0.05, 0) is 41.3 Å². The van der Waals surface area contributed by atoms with E-state index in [4.69, 9.17) is 0 Å². The maximum atomic E-state index is 12.0. The van der Waals surface area contributed by atoms with Crippen molar-refractivity contribution in [2.24, 2.45) is 0 Å². The third kappa shape index (κ3) is 5.63. The number of nitrogens with one attached hydrogen (secondary N) is 2. The minimum absolute atomic E-state index is 0.00882. The SMILES string of the molecule is CC(C)NS(=O)(=O)Cc1ccc(CNCc2cccc3ccccc23)cc1. The predicted molar refractivity (Wildman–Crippen MR) is 112 cm³/mol. The standard InChI is InChI=1S/C22H26N2O2S/c1-17(2)24-27(25,26)16-19-12-10-18(11-13-19)14-23-15-21-8-5-7-20-6-3-4-9-22(20)21/h3-13,17,23-24H,14-16H2,1-2H3. The first-order valence-corrected chi connectivity index (χ1v) is 10.8. The maximum absolute atomic E-state index is 12.0. The van der Waals surface area contributed by atoms with Crippen molar-refractivity contribution in [3.05, 3.63) is 83.4 Å². The lowest BCUT2D eigenvalue weighted by molar-refractivity contribution is 0.569. The molecule has 0 atom stereocenters. The summed E-state index contributed by atoms with van der Waals surface area (Å²) >= 11 is 0. The van der Waals surface area contributed by atoms with Crippen molar-refractivity contribution < 1.29 is 8.42 Å². The summed E-state index contributed by atoms with van der Waals surface area (Å²) in [5.41, 5.74) is 3.20. The lowest BCUT2D eigenvalue weighted by Gasteiger charge is -2.11. The fourth-order valence-electron chi connectivity index (χ4n) is 3.16. The molecule has 0 aromatic heterocycles. The van der Waals surface area contributed by atoms with E-state index < -0.39 is 10.0 Å². The fourth-order valence-corrected chi connectivity index (χ4v) is 4.59. The highest BCUT2D eigenvalue weighted by molar-refractivity contribution is 7.88. The van der Waals surface area contributed by atoms with Crippen LogP contribution in [0.1, 0.15) is 30.5 Å². The van der Waals surface area contributed by atoms with Crippen LogP contribution in [-0.2, 0) is 28.9 Å². The van der Waals surface area contributed by atoms with E-state index in [1.54, 1.807) is 0 Å². The molecule has 0 fully saturated rings. The van der Waals surface area contributed by atoms with Crippen molar-refractivity contribution in [3.8, 4) is 0 Å². The average Bonchev–Trinajstić information content (AvgIpc) is 2.62. The highest BCUT2D eigenvalue weighted by atomic mass is 32.2. The van der Waals surface area contributed by atoms with Crippen molar-refractivity contribution in [1.82, 2.24) is 10.0 Å². The van der Waals surface area contributed by atoms with E-state index in [0.29, 0.717) is 0 Å². The topological polar surface area (TPSA) is 58.2 Å². The number of benzene rings is 3. The molecule has 0 aliphatic rings. The van der Waals surface area contributed by atoms with Gasteiger partial charge in [0.1, 0.15) is 0 Å². The van der Waals surface area contributed by atoms with Gasteiger partial charge in [-0.25, -0.2) is 13.1 Å². The summed E-state index contributed by atoms with van der Waals surface area (Å²) in [6.07, 6.45) is 0. The van der Waals surface area contributed by atoms with Gasteiger partial charge in [-0.3, -0.25) is 0 Å². The Morgan fingerprint density at radius 1 is 0.815 bits per heavy atom. The molecule has 0 saturated heterocycles. The smallest absolute Gasteiger partial charge is 0.216 e. The number of hydrogen-bond donors (Lipinski definition) is 2. The summed E-state index contributed by atoms with van der Waals surface area (Å²) in [6.45, 7) is 5.17. The van der Waals surface area contributed by atoms with Crippen LogP contribution < -0.4 is 10.0 Å². The molecule has 3 aromatic rings. The molecule has 3 rings (SSSR count). The van der Waals surface area contributed by atoms with E-state index in [1.807, 2.05) is 38.1 Å². The number of fused-ring (bicyclic) bond motifs is 1. The van der Waals surface area contributed by atoms with E-state index in [9.17, 15) is 8.42 Å². The van der Waals surface area contributed by atoms with Gasteiger partial charge in [-0.2, -0.15) is 0 Å². The molecule has 2 N–H and O–H groups in total. The second-order valence-corrected chi connectivity index (χ2v) is 8.84. The van der Waals surface area contributed by atoms with Crippen molar-refractivity contribution in [2.45, 2.75) is 38.7 Å². The third-order valence-corrected chi connectivity index (χ3v) is 5.86. The van der Waals surface area contributed by atoms with Gasteiger partial charge >= 0.3 is 0 Å². The third-order valence-electron chi connectivity index (χ3n) is 4.32. The van der Waals surface area contributed by atoms with Crippen LogP contribution in [0.25, 0.3) is 10.8 Å². The first-order valence-electron chi connectivity index (χ1n) is 9.18. The van der Waals surface area contributed by atoms with Crippen LogP contribution in [0.5, 0.6) is 0 Å². The first kappa shape index (κ1) is 19.5. The van der Waals surface area contributed by atoms with Crippen LogP contribution in [0, 0.1) is 0 Å². The Kier molecular flexibility index (Phi) is 6.26. The summed E-state index contributed by atoms with van der Waals surface area (Å²) in [7, 11) is -3.29. The first-order chi connectivity index (χ1) is 12.9. The van der Waals surface area contributed by atoms with E-state index in [1.165, 1.54) is 16.3 Å². The van der Waals surface area contributed by atoms with Crippen LogP contribution in [0.3, 0.4) is 0 Å². The summed E-state index contributed by atoms with van der Waals surface area (Å²) in [4.78, 5) is 0. The molecule has 0 spiro atoms.